The molecule has 0 aliphatic carbocycles. The predicted octanol–water partition coefficient (Wildman–Crippen LogP) is 2.38. The van der Waals surface area contributed by atoms with E-state index >= 15 is 0 Å². The standard InChI is InChI=1S/C12H18N4/c1-8-6-16-7-9(12(2,3)4)15-10(13-5)11(16)14-8/h6-7H,1-5H3,(H,13,15). The van der Waals surface area contributed by atoms with Crippen LogP contribution in [-0.4, -0.2) is 21.4 Å². The number of hydrogen-bond acceptors (Lipinski definition) is 3. The molecule has 0 aliphatic heterocycles. The van der Waals surface area contributed by atoms with Crippen molar-refractivity contribution in [1.82, 2.24) is 14.4 Å². The fourth-order valence-electron chi connectivity index (χ4n) is 1.65. The normalized spacial score (nSPS) is 12.1. The van der Waals surface area contributed by atoms with Gasteiger partial charge in [0.15, 0.2) is 11.5 Å². The molecule has 0 amide bonds. The molecule has 1 N–H and O–H groups in total. The van der Waals surface area contributed by atoms with E-state index in [0.717, 1.165) is 22.9 Å². The summed E-state index contributed by atoms with van der Waals surface area (Å²) in [5.74, 6) is 0.834. The highest BCUT2D eigenvalue weighted by molar-refractivity contribution is 5.63. The third kappa shape index (κ3) is 1.75. The molecule has 0 aliphatic rings. The molecule has 0 saturated heterocycles. The number of imidazole rings is 1. The van der Waals surface area contributed by atoms with E-state index in [9.17, 15) is 0 Å². The van der Waals surface area contributed by atoms with Gasteiger partial charge >= 0.3 is 0 Å². The van der Waals surface area contributed by atoms with E-state index < -0.39 is 0 Å². The summed E-state index contributed by atoms with van der Waals surface area (Å²) in [6.07, 6.45) is 4.07. The third-order valence-corrected chi connectivity index (χ3v) is 2.56. The Balaban J connectivity index is 2.72. The van der Waals surface area contributed by atoms with E-state index in [1.165, 1.54) is 0 Å². The fourth-order valence-corrected chi connectivity index (χ4v) is 1.65. The maximum absolute atomic E-state index is 4.61. The van der Waals surface area contributed by atoms with E-state index in [4.69, 9.17) is 0 Å². The van der Waals surface area contributed by atoms with Gasteiger partial charge in [-0.05, 0) is 6.92 Å². The van der Waals surface area contributed by atoms with Crippen LogP contribution in [-0.2, 0) is 5.41 Å². The molecular formula is C12H18N4. The van der Waals surface area contributed by atoms with Gasteiger partial charge in [0.05, 0.1) is 11.4 Å². The van der Waals surface area contributed by atoms with Gasteiger partial charge in [-0.1, -0.05) is 20.8 Å². The van der Waals surface area contributed by atoms with Crippen LogP contribution in [0.1, 0.15) is 32.2 Å². The van der Waals surface area contributed by atoms with Crippen molar-refractivity contribution in [3.05, 3.63) is 23.8 Å². The smallest absolute Gasteiger partial charge is 0.180 e. The minimum atomic E-state index is 0.0396. The maximum atomic E-state index is 4.61. The van der Waals surface area contributed by atoms with Crippen molar-refractivity contribution >= 4 is 11.5 Å². The van der Waals surface area contributed by atoms with Crippen LogP contribution in [0.2, 0.25) is 0 Å². The molecule has 0 unspecified atom stereocenters. The number of hydrogen-bond donors (Lipinski definition) is 1. The molecular weight excluding hydrogens is 200 g/mol. The van der Waals surface area contributed by atoms with Crippen molar-refractivity contribution in [1.29, 1.82) is 0 Å². The summed E-state index contributed by atoms with van der Waals surface area (Å²) in [5, 5.41) is 3.10. The summed E-state index contributed by atoms with van der Waals surface area (Å²) in [5.41, 5.74) is 2.98. The molecule has 0 spiro atoms. The van der Waals surface area contributed by atoms with Crippen molar-refractivity contribution in [3.63, 3.8) is 0 Å². The van der Waals surface area contributed by atoms with Crippen LogP contribution in [0.5, 0.6) is 0 Å². The van der Waals surface area contributed by atoms with E-state index in [2.05, 4.69) is 42.3 Å². The number of nitrogens with one attached hydrogen (secondary N) is 1. The lowest BCUT2D eigenvalue weighted by Gasteiger charge is -2.18. The minimum Gasteiger partial charge on any atom is -0.370 e. The highest BCUT2D eigenvalue weighted by Crippen LogP contribution is 2.23. The predicted molar refractivity (Wildman–Crippen MR) is 66.0 cm³/mol. The van der Waals surface area contributed by atoms with Gasteiger partial charge < -0.3 is 9.72 Å². The van der Waals surface area contributed by atoms with Crippen LogP contribution in [0.4, 0.5) is 5.82 Å². The first-order valence-electron chi connectivity index (χ1n) is 5.46. The van der Waals surface area contributed by atoms with E-state index in [-0.39, 0.29) is 5.41 Å². The van der Waals surface area contributed by atoms with Gasteiger partial charge in [0.1, 0.15) is 0 Å². The van der Waals surface area contributed by atoms with Gasteiger partial charge in [0.25, 0.3) is 0 Å². The SMILES string of the molecule is CNc1nc(C(C)(C)C)cn2cc(C)nc12. The van der Waals surface area contributed by atoms with Crippen LogP contribution >= 0.6 is 0 Å². The first-order valence-corrected chi connectivity index (χ1v) is 5.46. The summed E-state index contributed by atoms with van der Waals surface area (Å²) in [7, 11) is 1.87. The van der Waals surface area contributed by atoms with Crippen LogP contribution in [0, 0.1) is 6.92 Å². The molecule has 2 heterocycles. The lowest BCUT2D eigenvalue weighted by molar-refractivity contribution is 0.565. The van der Waals surface area contributed by atoms with E-state index in [1.54, 1.807) is 0 Å². The lowest BCUT2D eigenvalue weighted by atomic mass is 9.93. The summed E-state index contributed by atoms with van der Waals surface area (Å²) >= 11 is 0. The van der Waals surface area contributed by atoms with Gasteiger partial charge in [-0.15, -0.1) is 0 Å². The monoisotopic (exact) mass is 218 g/mol. The van der Waals surface area contributed by atoms with E-state index in [0.29, 0.717) is 0 Å². The molecule has 2 aromatic rings. The summed E-state index contributed by atoms with van der Waals surface area (Å²) < 4.78 is 2.04. The topological polar surface area (TPSA) is 42.2 Å². The molecule has 4 nitrogen and oxygen atoms in total. The summed E-state index contributed by atoms with van der Waals surface area (Å²) in [6, 6.07) is 0. The zero-order valence-corrected chi connectivity index (χ0v) is 10.5. The average molecular weight is 218 g/mol. The zero-order chi connectivity index (χ0) is 11.9. The first kappa shape index (κ1) is 10.9. The van der Waals surface area contributed by atoms with Crippen molar-refractivity contribution in [2.45, 2.75) is 33.1 Å². The highest BCUT2D eigenvalue weighted by atomic mass is 15.1. The van der Waals surface area contributed by atoms with Crippen molar-refractivity contribution in [3.8, 4) is 0 Å². The second-order valence-corrected chi connectivity index (χ2v) is 5.09. The average Bonchev–Trinajstić information content (AvgIpc) is 2.54. The molecule has 0 atom stereocenters. The van der Waals surface area contributed by atoms with Gasteiger partial charge in [0, 0.05) is 24.9 Å². The van der Waals surface area contributed by atoms with Crippen molar-refractivity contribution < 1.29 is 0 Å². The zero-order valence-electron chi connectivity index (χ0n) is 10.5. The van der Waals surface area contributed by atoms with E-state index in [1.807, 2.05) is 24.6 Å². The molecule has 16 heavy (non-hydrogen) atoms. The maximum Gasteiger partial charge on any atom is 0.180 e. The Kier molecular flexibility index (Phi) is 2.37. The Morgan fingerprint density at radius 2 is 1.88 bits per heavy atom. The van der Waals surface area contributed by atoms with Crippen LogP contribution in [0.3, 0.4) is 0 Å². The fraction of sp³-hybridized carbons (Fsp3) is 0.500. The summed E-state index contributed by atoms with van der Waals surface area (Å²) in [4.78, 5) is 9.05. The molecule has 2 aromatic heterocycles. The number of aryl methyl sites for hydroxylation is 1. The number of aromatic nitrogens is 3. The number of rotatable bonds is 1. The number of nitrogens with zero attached hydrogens (tertiary/aromatic N) is 3. The first-order chi connectivity index (χ1) is 7.41. The van der Waals surface area contributed by atoms with Crippen molar-refractivity contribution in [2.75, 3.05) is 12.4 Å². The van der Waals surface area contributed by atoms with Gasteiger partial charge in [-0.3, -0.25) is 0 Å². The molecule has 0 aromatic carbocycles. The van der Waals surface area contributed by atoms with Gasteiger partial charge in [-0.2, -0.15) is 0 Å². The molecule has 4 heteroatoms. The largest absolute Gasteiger partial charge is 0.370 e. The Bertz CT molecular complexity index is 520. The Morgan fingerprint density at radius 3 is 2.44 bits per heavy atom. The second kappa shape index (κ2) is 3.47. The lowest BCUT2D eigenvalue weighted by Crippen LogP contribution is -2.15. The quantitative estimate of drug-likeness (QED) is 0.799. The Morgan fingerprint density at radius 1 is 1.19 bits per heavy atom. The minimum absolute atomic E-state index is 0.0396. The molecule has 0 fully saturated rings. The third-order valence-electron chi connectivity index (χ3n) is 2.56. The Labute approximate surface area is 95.7 Å². The molecule has 0 radical (unpaired) electrons. The van der Waals surface area contributed by atoms with Gasteiger partial charge in [-0.25, -0.2) is 9.97 Å². The van der Waals surface area contributed by atoms with Crippen LogP contribution < -0.4 is 5.32 Å². The van der Waals surface area contributed by atoms with Gasteiger partial charge in [0.2, 0.25) is 0 Å². The molecule has 0 saturated carbocycles. The molecule has 86 valence electrons. The molecule has 0 bridgehead atoms. The summed E-state index contributed by atoms with van der Waals surface area (Å²) in [6.45, 7) is 8.46. The van der Waals surface area contributed by atoms with Crippen molar-refractivity contribution in [2.24, 2.45) is 0 Å². The second-order valence-electron chi connectivity index (χ2n) is 5.09. The molecule has 2 rings (SSSR count). The Hall–Kier alpha value is -1.58. The number of fused-ring (bicyclic) bond motifs is 1. The highest BCUT2D eigenvalue weighted by Gasteiger charge is 2.18. The van der Waals surface area contributed by atoms with Crippen LogP contribution in [0.25, 0.3) is 5.65 Å². The van der Waals surface area contributed by atoms with Crippen LogP contribution in [0.15, 0.2) is 12.4 Å². The number of anilines is 1.